The highest BCUT2D eigenvalue weighted by Crippen LogP contribution is 2.32. The summed E-state index contributed by atoms with van der Waals surface area (Å²) in [6.45, 7) is 6.54. The summed E-state index contributed by atoms with van der Waals surface area (Å²) in [4.78, 5) is 11.1. The van der Waals surface area contributed by atoms with Crippen molar-refractivity contribution in [2.75, 3.05) is 57.3 Å². The predicted molar refractivity (Wildman–Crippen MR) is 119 cm³/mol. The third-order valence-electron chi connectivity index (χ3n) is 6.81. The van der Waals surface area contributed by atoms with E-state index in [-0.39, 0.29) is 6.10 Å². The minimum absolute atomic E-state index is 0.0416. The molecular weight excluding hydrogens is 433 g/mol. The molecule has 178 valence electrons. The fourth-order valence-corrected chi connectivity index (χ4v) is 4.99. The van der Waals surface area contributed by atoms with Gasteiger partial charge < -0.3 is 14.4 Å². The van der Waals surface area contributed by atoms with Crippen LogP contribution < -0.4 is 14.4 Å². The van der Waals surface area contributed by atoms with Gasteiger partial charge in [0, 0.05) is 45.0 Å². The molecule has 1 atom stereocenters. The van der Waals surface area contributed by atoms with Crippen LogP contribution in [0, 0.1) is 0 Å². The largest absolute Gasteiger partial charge is 0.486 e. The van der Waals surface area contributed by atoms with Crippen LogP contribution in [0.4, 0.5) is 19.0 Å². The first-order valence-corrected chi connectivity index (χ1v) is 11.6. The van der Waals surface area contributed by atoms with E-state index in [0.29, 0.717) is 31.6 Å². The van der Waals surface area contributed by atoms with E-state index in [1.165, 1.54) is 6.20 Å². The van der Waals surface area contributed by atoms with Crippen LogP contribution in [0.3, 0.4) is 0 Å². The minimum atomic E-state index is -4.34. The zero-order valence-electron chi connectivity index (χ0n) is 18.5. The van der Waals surface area contributed by atoms with Crippen LogP contribution in [0.1, 0.15) is 18.4 Å². The standard InChI is InChI=1S/C24H29F3N4O2/c25-24(26,27)18-5-8-28-23(15-18)31-13-11-30(12-14-31)19-6-9-29(10-7-19)16-20-17-32-21-3-1-2-4-22(21)33-20/h1-5,8,15,19-20H,6-7,9-14,16-17H2/t20-/m0/s1. The molecule has 1 aromatic heterocycles. The zero-order chi connectivity index (χ0) is 22.8. The molecule has 0 aliphatic carbocycles. The van der Waals surface area contributed by atoms with Gasteiger partial charge in [-0.25, -0.2) is 4.98 Å². The molecule has 5 rings (SSSR count). The maximum Gasteiger partial charge on any atom is 0.416 e. The van der Waals surface area contributed by atoms with Gasteiger partial charge in [-0.2, -0.15) is 13.2 Å². The van der Waals surface area contributed by atoms with Gasteiger partial charge in [-0.3, -0.25) is 9.80 Å². The number of rotatable bonds is 4. The smallest absolute Gasteiger partial charge is 0.416 e. The molecule has 2 aromatic rings. The number of pyridine rings is 1. The normalized spacial score (nSPS) is 23.0. The molecular formula is C24H29F3N4O2. The molecule has 6 nitrogen and oxygen atoms in total. The Bertz CT molecular complexity index is 941. The number of piperazine rings is 1. The highest BCUT2D eigenvalue weighted by Gasteiger charge is 2.33. The van der Waals surface area contributed by atoms with E-state index in [2.05, 4.69) is 14.8 Å². The maximum atomic E-state index is 13.0. The van der Waals surface area contributed by atoms with Gasteiger partial charge in [0.25, 0.3) is 0 Å². The van der Waals surface area contributed by atoms with Gasteiger partial charge in [0.15, 0.2) is 11.5 Å². The Balaban J connectivity index is 1.08. The van der Waals surface area contributed by atoms with Crippen molar-refractivity contribution in [2.45, 2.75) is 31.2 Å². The number of para-hydroxylation sites is 2. The summed E-state index contributed by atoms with van der Waals surface area (Å²) < 4.78 is 51.0. The van der Waals surface area contributed by atoms with E-state index in [0.717, 1.165) is 69.2 Å². The highest BCUT2D eigenvalue weighted by atomic mass is 19.4. The molecule has 0 radical (unpaired) electrons. The summed E-state index contributed by atoms with van der Waals surface area (Å²) in [5.41, 5.74) is -0.641. The second-order valence-corrected chi connectivity index (χ2v) is 8.95. The molecule has 0 N–H and O–H groups in total. The number of halogens is 3. The Labute approximate surface area is 191 Å². The van der Waals surface area contributed by atoms with E-state index in [1.54, 1.807) is 0 Å². The summed E-state index contributed by atoms with van der Waals surface area (Å²) in [6.07, 6.45) is -0.872. The summed E-state index contributed by atoms with van der Waals surface area (Å²) in [7, 11) is 0. The van der Waals surface area contributed by atoms with E-state index >= 15 is 0 Å². The molecule has 2 saturated heterocycles. The third-order valence-corrected chi connectivity index (χ3v) is 6.81. The number of piperidine rings is 1. The number of anilines is 1. The average molecular weight is 463 g/mol. The fourth-order valence-electron chi connectivity index (χ4n) is 4.99. The second-order valence-electron chi connectivity index (χ2n) is 8.95. The van der Waals surface area contributed by atoms with Crippen molar-refractivity contribution >= 4 is 5.82 Å². The monoisotopic (exact) mass is 462 g/mol. The summed E-state index contributed by atoms with van der Waals surface area (Å²) in [6, 6.07) is 10.5. The molecule has 0 spiro atoms. The van der Waals surface area contributed by atoms with Crippen molar-refractivity contribution in [2.24, 2.45) is 0 Å². The van der Waals surface area contributed by atoms with E-state index < -0.39 is 11.7 Å². The number of benzene rings is 1. The van der Waals surface area contributed by atoms with Gasteiger partial charge >= 0.3 is 6.18 Å². The first-order chi connectivity index (χ1) is 16.0. The Morgan fingerprint density at radius 3 is 2.39 bits per heavy atom. The van der Waals surface area contributed by atoms with Gasteiger partial charge in [0.05, 0.1) is 5.56 Å². The molecule has 2 fully saturated rings. The first kappa shape index (κ1) is 22.3. The Morgan fingerprint density at radius 2 is 1.67 bits per heavy atom. The number of nitrogens with zero attached hydrogens (tertiary/aromatic N) is 4. The number of aromatic nitrogens is 1. The van der Waals surface area contributed by atoms with Crippen LogP contribution in [0.25, 0.3) is 0 Å². The molecule has 0 bridgehead atoms. The summed E-state index contributed by atoms with van der Waals surface area (Å²) >= 11 is 0. The number of likely N-dealkylation sites (tertiary alicyclic amines) is 1. The van der Waals surface area contributed by atoms with Crippen LogP contribution in [-0.2, 0) is 6.18 Å². The molecule has 3 aliphatic rings. The van der Waals surface area contributed by atoms with E-state index in [1.807, 2.05) is 29.2 Å². The second kappa shape index (κ2) is 9.38. The molecule has 3 aliphatic heterocycles. The Hall–Kier alpha value is -2.52. The Morgan fingerprint density at radius 1 is 0.939 bits per heavy atom. The number of hydrogen-bond acceptors (Lipinski definition) is 6. The molecule has 0 amide bonds. The predicted octanol–water partition coefficient (Wildman–Crippen LogP) is 3.53. The highest BCUT2D eigenvalue weighted by molar-refractivity contribution is 5.42. The lowest BCUT2D eigenvalue weighted by molar-refractivity contribution is -0.137. The van der Waals surface area contributed by atoms with Crippen molar-refractivity contribution in [3.63, 3.8) is 0 Å². The van der Waals surface area contributed by atoms with Crippen LogP contribution in [-0.4, -0.2) is 79.3 Å². The summed E-state index contributed by atoms with van der Waals surface area (Å²) in [5, 5.41) is 0. The number of alkyl halides is 3. The molecule has 9 heteroatoms. The number of ether oxygens (including phenoxy) is 2. The quantitative estimate of drug-likeness (QED) is 0.693. The van der Waals surface area contributed by atoms with E-state index in [9.17, 15) is 13.2 Å². The number of hydrogen-bond donors (Lipinski definition) is 0. The lowest BCUT2D eigenvalue weighted by Gasteiger charge is -2.43. The third kappa shape index (κ3) is 5.19. The zero-order valence-corrected chi connectivity index (χ0v) is 18.5. The first-order valence-electron chi connectivity index (χ1n) is 11.6. The molecule has 0 saturated carbocycles. The van der Waals surface area contributed by atoms with Gasteiger partial charge in [0.1, 0.15) is 18.5 Å². The van der Waals surface area contributed by atoms with Crippen LogP contribution in [0.2, 0.25) is 0 Å². The maximum absolute atomic E-state index is 13.0. The molecule has 1 aromatic carbocycles. The van der Waals surface area contributed by atoms with Crippen LogP contribution in [0.5, 0.6) is 11.5 Å². The van der Waals surface area contributed by atoms with Crippen molar-refractivity contribution < 1.29 is 22.6 Å². The van der Waals surface area contributed by atoms with Gasteiger partial charge in [0.2, 0.25) is 0 Å². The average Bonchev–Trinajstić information content (AvgIpc) is 2.84. The van der Waals surface area contributed by atoms with Gasteiger partial charge in [-0.1, -0.05) is 12.1 Å². The lowest BCUT2D eigenvalue weighted by atomic mass is 10.0. The SMILES string of the molecule is FC(F)(F)c1ccnc(N2CCN(C3CCN(C[C@H]4COc5ccccc5O4)CC3)CC2)c1. The minimum Gasteiger partial charge on any atom is -0.486 e. The van der Waals surface area contributed by atoms with Gasteiger partial charge in [-0.05, 0) is 50.2 Å². The fraction of sp³-hybridized carbons (Fsp3) is 0.542. The van der Waals surface area contributed by atoms with Crippen molar-refractivity contribution in [1.82, 2.24) is 14.8 Å². The number of fused-ring (bicyclic) bond motifs is 1. The van der Waals surface area contributed by atoms with Crippen LogP contribution in [0.15, 0.2) is 42.6 Å². The van der Waals surface area contributed by atoms with Crippen LogP contribution >= 0.6 is 0 Å². The van der Waals surface area contributed by atoms with Crippen molar-refractivity contribution in [3.8, 4) is 11.5 Å². The topological polar surface area (TPSA) is 41.1 Å². The van der Waals surface area contributed by atoms with Gasteiger partial charge in [-0.15, -0.1) is 0 Å². The summed E-state index contributed by atoms with van der Waals surface area (Å²) in [5.74, 6) is 2.04. The molecule has 4 heterocycles. The lowest BCUT2D eigenvalue weighted by Crippen LogP contribution is -2.54. The van der Waals surface area contributed by atoms with E-state index in [4.69, 9.17) is 9.47 Å². The van der Waals surface area contributed by atoms with Crippen molar-refractivity contribution in [3.05, 3.63) is 48.2 Å². The Kier molecular flexibility index (Phi) is 6.34. The molecule has 0 unspecified atom stereocenters. The molecule has 33 heavy (non-hydrogen) atoms. The van der Waals surface area contributed by atoms with Crippen molar-refractivity contribution in [1.29, 1.82) is 0 Å².